The molecule has 0 saturated carbocycles. The molecule has 116 valence electrons. The van der Waals surface area contributed by atoms with Gasteiger partial charge in [-0.2, -0.15) is 21.6 Å². The first-order chi connectivity index (χ1) is 8.97. The summed E-state index contributed by atoms with van der Waals surface area (Å²) >= 11 is 0. The van der Waals surface area contributed by atoms with Crippen molar-refractivity contribution in [2.75, 3.05) is 6.61 Å². The zero-order chi connectivity index (χ0) is 16.0. The molecule has 0 rings (SSSR count). The van der Waals surface area contributed by atoms with Crippen LogP contribution in [0.25, 0.3) is 0 Å². The number of ether oxygens (including phenoxy) is 1. The molecule has 0 spiro atoms. The van der Waals surface area contributed by atoms with Crippen molar-refractivity contribution in [3.8, 4) is 0 Å². The summed E-state index contributed by atoms with van der Waals surface area (Å²) in [6, 6.07) is 0. The van der Waals surface area contributed by atoms with E-state index >= 15 is 0 Å². The first-order valence-corrected chi connectivity index (χ1v) is 6.90. The van der Waals surface area contributed by atoms with Gasteiger partial charge in [0.15, 0.2) is 0 Å². The van der Waals surface area contributed by atoms with Gasteiger partial charge in [0.25, 0.3) is 0 Å². The molecule has 0 saturated heterocycles. The van der Waals surface area contributed by atoms with Crippen LogP contribution in [-0.2, 0) is 24.3 Å². The minimum atomic E-state index is -5.66. The summed E-state index contributed by atoms with van der Waals surface area (Å²) in [6.45, 7) is 4.74. The standard InChI is InChI=1S/C10H14F3NO5S/c1-7(2)9(16)19-6-4-3-5-8(15)14-20(17,18)10(11,12)13/h1,3-6H2,2H3,(H,14,15). The van der Waals surface area contributed by atoms with Gasteiger partial charge in [-0.15, -0.1) is 0 Å². The minimum absolute atomic E-state index is 0.0367. The van der Waals surface area contributed by atoms with Gasteiger partial charge in [0, 0.05) is 12.0 Å². The largest absolute Gasteiger partial charge is 0.516 e. The SMILES string of the molecule is C=C(C)C(=O)OCCCCC(=O)NS(=O)(=O)C(F)(F)F. The number of alkyl halides is 3. The lowest BCUT2D eigenvalue weighted by molar-refractivity contribution is -0.139. The van der Waals surface area contributed by atoms with Gasteiger partial charge in [-0.25, -0.2) is 9.52 Å². The molecule has 0 fully saturated rings. The Bertz CT molecular complexity index is 484. The van der Waals surface area contributed by atoms with Crippen LogP contribution in [0.1, 0.15) is 26.2 Å². The van der Waals surface area contributed by atoms with Crippen LogP contribution in [-0.4, -0.2) is 32.4 Å². The second-order valence-corrected chi connectivity index (χ2v) is 5.52. The molecule has 0 aromatic rings. The van der Waals surface area contributed by atoms with Gasteiger partial charge >= 0.3 is 21.5 Å². The van der Waals surface area contributed by atoms with E-state index in [1.165, 1.54) is 6.92 Å². The fourth-order valence-electron chi connectivity index (χ4n) is 0.934. The Morgan fingerprint density at radius 3 is 2.25 bits per heavy atom. The van der Waals surface area contributed by atoms with E-state index in [1.807, 2.05) is 0 Å². The number of nitrogens with one attached hydrogen (secondary N) is 1. The Morgan fingerprint density at radius 1 is 1.25 bits per heavy atom. The molecular weight excluding hydrogens is 303 g/mol. The molecule has 1 amide bonds. The molecule has 0 aliphatic rings. The number of unbranched alkanes of at least 4 members (excludes halogenated alkanes) is 1. The minimum Gasteiger partial charge on any atom is -0.462 e. The first kappa shape index (κ1) is 18.4. The molecule has 0 atom stereocenters. The second-order valence-electron chi connectivity index (χ2n) is 3.85. The number of hydrogen-bond donors (Lipinski definition) is 1. The molecule has 10 heteroatoms. The van der Waals surface area contributed by atoms with E-state index in [2.05, 4.69) is 11.3 Å². The zero-order valence-electron chi connectivity index (χ0n) is 10.6. The van der Waals surface area contributed by atoms with E-state index in [0.717, 1.165) is 4.72 Å². The van der Waals surface area contributed by atoms with E-state index in [-0.39, 0.29) is 25.0 Å². The van der Waals surface area contributed by atoms with Crippen LogP contribution in [0.15, 0.2) is 12.2 Å². The van der Waals surface area contributed by atoms with Gasteiger partial charge in [0.1, 0.15) is 0 Å². The molecule has 6 nitrogen and oxygen atoms in total. The van der Waals surface area contributed by atoms with E-state index in [9.17, 15) is 31.2 Å². The van der Waals surface area contributed by atoms with E-state index < -0.39 is 33.8 Å². The van der Waals surface area contributed by atoms with Gasteiger partial charge < -0.3 is 4.74 Å². The summed E-state index contributed by atoms with van der Waals surface area (Å²) < 4.78 is 62.5. The highest BCUT2D eigenvalue weighted by molar-refractivity contribution is 7.90. The lowest BCUT2D eigenvalue weighted by atomic mass is 10.2. The van der Waals surface area contributed by atoms with E-state index in [0.29, 0.717) is 0 Å². The van der Waals surface area contributed by atoms with Crippen LogP contribution in [0.3, 0.4) is 0 Å². The Hall–Kier alpha value is -1.58. The van der Waals surface area contributed by atoms with Gasteiger partial charge in [0.05, 0.1) is 6.61 Å². The summed E-state index contributed by atoms with van der Waals surface area (Å²) in [7, 11) is -5.66. The van der Waals surface area contributed by atoms with Crippen molar-refractivity contribution in [3.63, 3.8) is 0 Å². The molecule has 0 aliphatic heterocycles. The molecule has 0 aliphatic carbocycles. The average Bonchev–Trinajstić information content (AvgIpc) is 2.25. The van der Waals surface area contributed by atoms with Gasteiger partial charge in [-0.05, 0) is 19.8 Å². The van der Waals surface area contributed by atoms with Crippen molar-refractivity contribution < 1.29 is 35.9 Å². The van der Waals surface area contributed by atoms with Gasteiger partial charge in [0.2, 0.25) is 5.91 Å². The summed E-state index contributed by atoms with van der Waals surface area (Å²) in [5.41, 5.74) is -5.33. The highest BCUT2D eigenvalue weighted by atomic mass is 32.2. The fraction of sp³-hybridized carbons (Fsp3) is 0.600. The highest BCUT2D eigenvalue weighted by Gasteiger charge is 2.46. The molecule has 20 heavy (non-hydrogen) atoms. The van der Waals surface area contributed by atoms with Crippen molar-refractivity contribution in [2.45, 2.75) is 31.7 Å². The monoisotopic (exact) mass is 317 g/mol. The third-order valence-electron chi connectivity index (χ3n) is 1.93. The van der Waals surface area contributed by atoms with Crippen LogP contribution >= 0.6 is 0 Å². The van der Waals surface area contributed by atoms with E-state index in [4.69, 9.17) is 0 Å². The lowest BCUT2D eigenvalue weighted by Crippen LogP contribution is -2.40. The summed E-state index contributed by atoms with van der Waals surface area (Å²) in [5.74, 6) is -1.89. The second kappa shape index (κ2) is 7.27. The Morgan fingerprint density at radius 2 is 1.80 bits per heavy atom. The maximum absolute atomic E-state index is 11.9. The quantitative estimate of drug-likeness (QED) is 0.433. The smallest absolute Gasteiger partial charge is 0.462 e. The van der Waals surface area contributed by atoms with Crippen molar-refractivity contribution in [1.82, 2.24) is 4.72 Å². The number of carbonyl (C=O) groups excluding carboxylic acids is 2. The molecular formula is C10H14F3NO5S. The van der Waals surface area contributed by atoms with Crippen molar-refractivity contribution in [2.24, 2.45) is 0 Å². The van der Waals surface area contributed by atoms with Crippen molar-refractivity contribution in [1.29, 1.82) is 0 Å². The van der Waals surface area contributed by atoms with Crippen LogP contribution in [0, 0.1) is 0 Å². The lowest BCUT2D eigenvalue weighted by Gasteiger charge is -2.09. The maximum Gasteiger partial charge on any atom is 0.516 e. The van der Waals surface area contributed by atoms with Crippen LogP contribution in [0.4, 0.5) is 13.2 Å². The Kier molecular flexibility index (Phi) is 6.69. The predicted octanol–water partition coefficient (Wildman–Crippen LogP) is 1.24. The predicted molar refractivity (Wildman–Crippen MR) is 62.7 cm³/mol. The normalized spacial score (nSPS) is 11.8. The third-order valence-corrected chi connectivity index (χ3v) is 3.04. The number of esters is 1. The fourth-order valence-corrected chi connectivity index (χ4v) is 1.45. The molecule has 0 aromatic heterocycles. The molecule has 0 aromatic carbocycles. The number of sulfonamides is 1. The first-order valence-electron chi connectivity index (χ1n) is 5.42. The summed E-state index contributed by atoms with van der Waals surface area (Å²) in [4.78, 5) is 21.9. The molecule has 1 N–H and O–H groups in total. The number of carbonyl (C=O) groups is 2. The van der Waals surface area contributed by atoms with Crippen LogP contribution < -0.4 is 4.72 Å². The van der Waals surface area contributed by atoms with Crippen molar-refractivity contribution in [3.05, 3.63) is 12.2 Å². The van der Waals surface area contributed by atoms with Crippen LogP contribution in [0.2, 0.25) is 0 Å². The summed E-state index contributed by atoms with van der Waals surface area (Å²) in [6.07, 6.45) is -0.152. The van der Waals surface area contributed by atoms with Gasteiger partial charge in [-0.3, -0.25) is 4.79 Å². The number of hydrogen-bond acceptors (Lipinski definition) is 5. The average molecular weight is 317 g/mol. The highest BCUT2D eigenvalue weighted by Crippen LogP contribution is 2.21. The van der Waals surface area contributed by atoms with Gasteiger partial charge in [-0.1, -0.05) is 6.58 Å². The number of amides is 1. The van der Waals surface area contributed by atoms with E-state index in [1.54, 1.807) is 0 Å². The molecule has 0 heterocycles. The molecule has 0 bridgehead atoms. The maximum atomic E-state index is 11.9. The molecule has 0 radical (unpaired) electrons. The topological polar surface area (TPSA) is 89.5 Å². The number of halogens is 3. The Labute approximate surface area is 114 Å². The van der Waals surface area contributed by atoms with Crippen molar-refractivity contribution >= 4 is 21.9 Å². The van der Waals surface area contributed by atoms with Crippen LogP contribution in [0.5, 0.6) is 0 Å². The third kappa shape index (κ3) is 6.55. The summed E-state index contributed by atoms with van der Waals surface area (Å²) in [5, 5.41) is 0. The zero-order valence-corrected chi connectivity index (χ0v) is 11.4. The number of rotatable bonds is 7. The molecule has 0 unspecified atom stereocenters. The Balaban J connectivity index is 3.97.